The molecule has 0 bridgehead atoms. The van der Waals surface area contributed by atoms with E-state index in [2.05, 4.69) is 0 Å². The Kier molecular flexibility index (Phi) is 3.98. The zero-order chi connectivity index (χ0) is 14.7. The van der Waals surface area contributed by atoms with E-state index in [4.69, 9.17) is 14.9 Å². The molecule has 1 aromatic carbocycles. The van der Waals surface area contributed by atoms with E-state index in [1.807, 2.05) is 31.0 Å². The predicted molar refractivity (Wildman–Crippen MR) is 77.7 cm³/mol. The minimum atomic E-state index is -0.427. The van der Waals surface area contributed by atoms with Gasteiger partial charge in [-0.05, 0) is 30.7 Å². The van der Waals surface area contributed by atoms with Crippen LogP contribution in [0.2, 0.25) is 0 Å². The number of carbonyl (C=O) groups is 1. The van der Waals surface area contributed by atoms with E-state index < -0.39 is 5.97 Å². The molecule has 0 saturated heterocycles. The van der Waals surface area contributed by atoms with Crippen LogP contribution in [0.4, 0.5) is 11.4 Å². The highest BCUT2D eigenvalue weighted by Gasteiger charge is 2.15. The van der Waals surface area contributed by atoms with Crippen molar-refractivity contribution in [2.24, 2.45) is 0 Å². The number of anilines is 2. The summed E-state index contributed by atoms with van der Waals surface area (Å²) in [5, 5.41) is 0. The van der Waals surface area contributed by atoms with Crippen LogP contribution >= 0.6 is 0 Å². The van der Waals surface area contributed by atoms with Crippen molar-refractivity contribution < 1.29 is 13.9 Å². The number of ether oxygens (including phenoxy) is 1. The average molecular weight is 274 g/mol. The quantitative estimate of drug-likeness (QED) is 0.685. The molecule has 0 aliphatic heterocycles. The fourth-order valence-electron chi connectivity index (χ4n) is 2.03. The Morgan fingerprint density at radius 2 is 2.20 bits per heavy atom. The van der Waals surface area contributed by atoms with Gasteiger partial charge in [-0.15, -0.1) is 0 Å². The van der Waals surface area contributed by atoms with Gasteiger partial charge in [0.2, 0.25) is 0 Å². The molecule has 1 heterocycles. The minimum absolute atomic E-state index is 0.390. The summed E-state index contributed by atoms with van der Waals surface area (Å²) in [4.78, 5) is 13.8. The number of rotatable bonds is 4. The summed E-state index contributed by atoms with van der Waals surface area (Å²) in [6.45, 7) is 2.55. The summed E-state index contributed by atoms with van der Waals surface area (Å²) < 4.78 is 9.81. The summed E-state index contributed by atoms with van der Waals surface area (Å²) >= 11 is 0. The number of benzene rings is 1. The van der Waals surface area contributed by atoms with Crippen molar-refractivity contribution in [3.8, 4) is 0 Å². The molecule has 0 saturated carbocycles. The Morgan fingerprint density at radius 3 is 2.80 bits per heavy atom. The van der Waals surface area contributed by atoms with Crippen LogP contribution in [0.25, 0.3) is 0 Å². The molecular formula is C15H18N2O3. The van der Waals surface area contributed by atoms with Gasteiger partial charge in [-0.2, -0.15) is 0 Å². The highest BCUT2D eigenvalue weighted by atomic mass is 16.5. The number of methoxy groups -OCH3 is 1. The lowest BCUT2D eigenvalue weighted by atomic mass is 10.1. The number of aryl methyl sites for hydroxylation is 1. The number of esters is 1. The maximum absolute atomic E-state index is 11.7. The number of nitrogen functional groups attached to an aromatic ring is 1. The van der Waals surface area contributed by atoms with Crippen LogP contribution < -0.4 is 10.6 Å². The van der Waals surface area contributed by atoms with E-state index in [-0.39, 0.29) is 0 Å². The smallest absolute Gasteiger partial charge is 0.340 e. The molecule has 2 rings (SSSR count). The van der Waals surface area contributed by atoms with Gasteiger partial charge in [0.05, 0.1) is 25.2 Å². The number of nitrogens with zero attached hydrogens (tertiary/aromatic N) is 1. The van der Waals surface area contributed by atoms with Crippen LogP contribution in [-0.2, 0) is 11.3 Å². The summed E-state index contributed by atoms with van der Waals surface area (Å²) in [6, 6.07) is 5.60. The normalized spacial score (nSPS) is 10.3. The zero-order valence-electron chi connectivity index (χ0n) is 11.8. The largest absolute Gasteiger partial charge is 0.472 e. The molecule has 106 valence electrons. The first-order valence-electron chi connectivity index (χ1n) is 6.23. The SMILES string of the molecule is COC(=O)c1cc(N(C)Cc2ccoc2)cc(C)c1N. The second-order valence-electron chi connectivity index (χ2n) is 4.70. The summed E-state index contributed by atoms with van der Waals surface area (Å²) in [5.74, 6) is -0.427. The van der Waals surface area contributed by atoms with Crippen molar-refractivity contribution in [2.45, 2.75) is 13.5 Å². The molecule has 5 heteroatoms. The van der Waals surface area contributed by atoms with E-state index in [0.717, 1.165) is 16.8 Å². The fourth-order valence-corrected chi connectivity index (χ4v) is 2.03. The van der Waals surface area contributed by atoms with Gasteiger partial charge in [-0.25, -0.2) is 4.79 Å². The summed E-state index contributed by atoms with van der Waals surface area (Å²) in [6.07, 6.45) is 3.33. The maximum Gasteiger partial charge on any atom is 0.340 e. The Labute approximate surface area is 117 Å². The standard InChI is InChI=1S/C15H18N2O3/c1-10-6-12(7-13(14(10)16)15(18)19-3)17(2)8-11-4-5-20-9-11/h4-7,9H,8,16H2,1-3H3. The third-order valence-electron chi connectivity index (χ3n) is 3.22. The predicted octanol–water partition coefficient (Wildman–Crippen LogP) is 2.59. The molecule has 0 spiro atoms. The van der Waals surface area contributed by atoms with Gasteiger partial charge in [-0.3, -0.25) is 0 Å². The summed E-state index contributed by atoms with van der Waals surface area (Å²) in [5.41, 5.74) is 9.58. The molecule has 5 nitrogen and oxygen atoms in total. The lowest BCUT2D eigenvalue weighted by Crippen LogP contribution is -2.17. The first-order chi connectivity index (χ1) is 9.52. The van der Waals surface area contributed by atoms with Crippen molar-refractivity contribution in [2.75, 3.05) is 24.8 Å². The zero-order valence-corrected chi connectivity index (χ0v) is 11.8. The Balaban J connectivity index is 2.32. The maximum atomic E-state index is 11.7. The molecule has 2 N–H and O–H groups in total. The Bertz CT molecular complexity index is 606. The monoisotopic (exact) mass is 274 g/mol. The van der Waals surface area contributed by atoms with Crippen LogP contribution in [0.3, 0.4) is 0 Å². The second-order valence-corrected chi connectivity index (χ2v) is 4.70. The highest BCUT2D eigenvalue weighted by Crippen LogP contribution is 2.26. The van der Waals surface area contributed by atoms with Crippen LogP contribution in [-0.4, -0.2) is 20.1 Å². The molecule has 0 amide bonds. The second kappa shape index (κ2) is 5.69. The molecule has 0 aliphatic carbocycles. The van der Waals surface area contributed by atoms with Crippen molar-refractivity contribution in [1.29, 1.82) is 0 Å². The molecular weight excluding hydrogens is 256 g/mol. The first kappa shape index (κ1) is 14.0. The molecule has 0 unspecified atom stereocenters. The number of nitrogens with two attached hydrogens (primary N) is 1. The third-order valence-corrected chi connectivity index (χ3v) is 3.22. The van der Waals surface area contributed by atoms with Crippen molar-refractivity contribution in [3.63, 3.8) is 0 Å². The van der Waals surface area contributed by atoms with Gasteiger partial charge in [-0.1, -0.05) is 0 Å². The number of carbonyl (C=O) groups excluding carboxylic acids is 1. The van der Waals surface area contributed by atoms with E-state index in [1.54, 1.807) is 18.6 Å². The average Bonchev–Trinajstić information content (AvgIpc) is 2.93. The summed E-state index contributed by atoms with van der Waals surface area (Å²) in [7, 11) is 3.29. The Hall–Kier alpha value is -2.43. The van der Waals surface area contributed by atoms with Crippen molar-refractivity contribution in [1.82, 2.24) is 0 Å². The van der Waals surface area contributed by atoms with Crippen molar-refractivity contribution >= 4 is 17.3 Å². The molecule has 0 radical (unpaired) electrons. The van der Waals surface area contributed by atoms with Gasteiger partial charge in [0.1, 0.15) is 0 Å². The lowest BCUT2D eigenvalue weighted by Gasteiger charge is -2.20. The van der Waals surface area contributed by atoms with Gasteiger partial charge >= 0.3 is 5.97 Å². The molecule has 0 aliphatic rings. The van der Waals surface area contributed by atoms with Crippen LogP contribution in [0.15, 0.2) is 35.1 Å². The van der Waals surface area contributed by atoms with Crippen molar-refractivity contribution in [3.05, 3.63) is 47.4 Å². The fraction of sp³-hybridized carbons (Fsp3) is 0.267. The van der Waals surface area contributed by atoms with Gasteiger partial charge in [0.25, 0.3) is 0 Å². The molecule has 2 aromatic rings. The number of hydrogen-bond acceptors (Lipinski definition) is 5. The Morgan fingerprint density at radius 1 is 1.45 bits per heavy atom. The van der Waals surface area contributed by atoms with Gasteiger partial charge in [0.15, 0.2) is 0 Å². The first-order valence-corrected chi connectivity index (χ1v) is 6.23. The molecule has 0 fully saturated rings. The van der Waals surface area contributed by atoms with Crippen LogP contribution in [0, 0.1) is 6.92 Å². The van der Waals surface area contributed by atoms with Crippen LogP contribution in [0.5, 0.6) is 0 Å². The van der Waals surface area contributed by atoms with E-state index in [1.165, 1.54) is 7.11 Å². The number of hydrogen-bond donors (Lipinski definition) is 1. The topological polar surface area (TPSA) is 68.7 Å². The lowest BCUT2D eigenvalue weighted by molar-refractivity contribution is 0.0602. The van der Waals surface area contributed by atoms with E-state index in [9.17, 15) is 4.79 Å². The van der Waals surface area contributed by atoms with E-state index >= 15 is 0 Å². The van der Waals surface area contributed by atoms with Gasteiger partial charge in [0, 0.05) is 30.5 Å². The third kappa shape index (κ3) is 2.77. The molecule has 1 aromatic heterocycles. The van der Waals surface area contributed by atoms with Gasteiger partial charge < -0.3 is 19.8 Å². The highest BCUT2D eigenvalue weighted by molar-refractivity contribution is 5.97. The molecule has 20 heavy (non-hydrogen) atoms. The number of furan rings is 1. The van der Waals surface area contributed by atoms with Crippen LogP contribution in [0.1, 0.15) is 21.5 Å². The molecule has 0 atom stereocenters. The van der Waals surface area contributed by atoms with E-state index in [0.29, 0.717) is 17.8 Å². The minimum Gasteiger partial charge on any atom is -0.472 e.